The summed E-state index contributed by atoms with van der Waals surface area (Å²) in [6.07, 6.45) is 1.71. The maximum Gasteiger partial charge on any atom is 0.338 e. The first-order chi connectivity index (χ1) is 16.4. The maximum atomic E-state index is 12.5. The van der Waals surface area contributed by atoms with Crippen molar-refractivity contribution in [1.29, 1.82) is 0 Å². The molecule has 1 atom stereocenters. The van der Waals surface area contributed by atoms with Crippen molar-refractivity contribution < 1.29 is 33.4 Å². The van der Waals surface area contributed by atoms with Crippen molar-refractivity contribution in [3.05, 3.63) is 54.1 Å². The zero-order valence-electron chi connectivity index (χ0n) is 19.2. The SMILES string of the molecule is CCCCOC(=O)c1ccc(N2C[C@H](C(=O)OCC(=O)Nc3ccccc3OC)CC2=O)cc1. The van der Waals surface area contributed by atoms with Crippen LogP contribution in [0, 0.1) is 5.92 Å². The van der Waals surface area contributed by atoms with E-state index in [2.05, 4.69) is 5.32 Å². The summed E-state index contributed by atoms with van der Waals surface area (Å²) >= 11 is 0. The van der Waals surface area contributed by atoms with Crippen molar-refractivity contribution in [3.63, 3.8) is 0 Å². The van der Waals surface area contributed by atoms with Crippen LogP contribution in [0.2, 0.25) is 0 Å². The Morgan fingerprint density at radius 2 is 1.79 bits per heavy atom. The summed E-state index contributed by atoms with van der Waals surface area (Å²) in [7, 11) is 1.49. The second kappa shape index (κ2) is 11.8. The Hall–Kier alpha value is -3.88. The number of anilines is 2. The van der Waals surface area contributed by atoms with Gasteiger partial charge >= 0.3 is 11.9 Å². The van der Waals surface area contributed by atoms with Gasteiger partial charge in [-0.2, -0.15) is 0 Å². The molecule has 180 valence electrons. The van der Waals surface area contributed by atoms with Gasteiger partial charge in [-0.25, -0.2) is 4.79 Å². The molecule has 0 radical (unpaired) electrons. The summed E-state index contributed by atoms with van der Waals surface area (Å²) in [4.78, 5) is 50.6. The van der Waals surface area contributed by atoms with Crippen molar-refractivity contribution in [1.82, 2.24) is 0 Å². The molecule has 2 aromatic rings. The first-order valence-corrected chi connectivity index (χ1v) is 11.1. The quantitative estimate of drug-likeness (QED) is 0.421. The van der Waals surface area contributed by atoms with Gasteiger partial charge in [0.2, 0.25) is 5.91 Å². The Bertz CT molecular complexity index is 1040. The molecule has 1 heterocycles. The number of rotatable bonds is 10. The normalized spacial score (nSPS) is 15.1. The van der Waals surface area contributed by atoms with Crippen LogP contribution in [0.15, 0.2) is 48.5 Å². The topological polar surface area (TPSA) is 111 Å². The molecule has 1 N–H and O–H groups in total. The van der Waals surface area contributed by atoms with Gasteiger partial charge in [0.25, 0.3) is 5.91 Å². The lowest BCUT2D eigenvalue weighted by Gasteiger charge is -2.17. The molecule has 1 saturated heterocycles. The number of nitrogens with one attached hydrogen (secondary N) is 1. The minimum atomic E-state index is -0.690. The lowest BCUT2D eigenvalue weighted by atomic mass is 10.1. The minimum absolute atomic E-state index is 0.0201. The number of amides is 2. The molecule has 1 aliphatic rings. The fourth-order valence-corrected chi connectivity index (χ4v) is 3.47. The molecule has 1 aliphatic heterocycles. The summed E-state index contributed by atoms with van der Waals surface area (Å²) in [5, 5.41) is 2.62. The number of carbonyl (C=O) groups is 4. The van der Waals surface area contributed by atoms with E-state index in [4.69, 9.17) is 14.2 Å². The highest BCUT2D eigenvalue weighted by molar-refractivity contribution is 6.00. The van der Waals surface area contributed by atoms with Gasteiger partial charge in [0, 0.05) is 18.7 Å². The van der Waals surface area contributed by atoms with Gasteiger partial charge in [-0.05, 0) is 42.8 Å². The standard InChI is InChI=1S/C25H28N2O7/c1-3-4-13-33-24(30)17-9-11-19(12-10-17)27-15-18(14-23(27)29)25(31)34-16-22(28)26-20-7-5-6-8-21(20)32-2/h5-12,18H,3-4,13-16H2,1-2H3,(H,26,28)/t18-/m1/s1. The van der Waals surface area contributed by atoms with Gasteiger partial charge < -0.3 is 24.4 Å². The van der Waals surface area contributed by atoms with Crippen LogP contribution in [0.5, 0.6) is 5.75 Å². The third-order valence-corrected chi connectivity index (χ3v) is 5.33. The lowest BCUT2D eigenvalue weighted by Crippen LogP contribution is -2.28. The van der Waals surface area contributed by atoms with Crippen LogP contribution in [-0.4, -0.2) is 50.6 Å². The first kappa shape index (κ1) is 24.8. The first-order valence-electron chi connectivity index (χ1n) is 11.1. The van der Waals surface area contributed by atoms with Gasteiger partial charge in [0.1, 0.15) is 5.75 Å². The number of hydrogen-bond acceptors (Lipinski definition) is 7. The van der Waals surface area contributed by atoms with Crippen molar-refractivity contribution >= 4 is 35.1 Å². The van der Waals surface area contributed by atoms with E-state index in [0.29, 0.717) is 29.3 Å². The predicted molar refractivity (Wildman–Crippen MR) is 125 cm³/mol. The third kappa shape index (κ3) is 6.34. The number of esters is 2. The molecule has 0 bridgehead atoms. The van der Waals surface area contributed by atoms with Gasteiger partial charge in [-0.1, -0.05) is 25.5 Å². The number of benzene rings is 2. The zero-order chi connectivity index (χ0) is 24.5. The van der Waals surface area contributed by atoms with Gasteiger partial charge in [0.05, 0.1) is 30.9 Å². The molecule has 9 heteroatoms. The molecule has 0 aromatic heterocycles. The highest BCUT2D eigenvalue weighted by atomic mass is 16.5. The predicted octanol–water partition coefficient (Wildman–Crippen LogP) is 3.19. The summed E-state index contributed by atoms with van der Waals surface area (Å²) in [6.45, 7) is 2.03. The molecule has 2 amide bonds. The molecule has 0 unspecified atom stereocenters. The second-order valence-electron chi connectivity index (χ2n) is 7.80. The Labute approximate surface area is 198 Å². The van der Waals surface area contributed by atoms with Crippen LogP contribution < -0.4 is 15.0 Å². The Morgan fingerprint density at radius 3 is 2.50 bits per heavy atom. The fourth-order valence-electron chi connectivity index (χ4n) is 3.47. The van der Waals surface area contributed by atoms with Gasteiger partial charge in [-0.3, -0.25) is 14.4 Å². The molecule has 0 aliphatic carbocycles. The molecule has 9 nitrogen and oxygen atoms in total. The largest absolute Gasteiger partial charge is 0.495 e. The number of hydrogen-bond donors (Lipinski definition) is 1. The highest BCUT2D eigenvalue weighted by Gasteiger charge is 2.36. The zero-order valence-corrected chi connectivity index (χ0v) is 19.2. The average Bonchev–Trinajstić information content (AvgIpc) is 3.24. The second-order valence-corrected chi connectivity index (χ2v) is 7.80. The minimum Gasteiger partial charge on any atom is -0.495 e. The molecule has 0 spiro atoms. The number of ether oxygens (including phenoxy) is 3. The average molecular weight is 469 g/mol. The Balaban J connectivity index is 1.51. The third-order valence-electron chi connectivity index (χ3n) is 5.33. The molecular weight excluding hydrogens is 440 g/mol. The van der Waals surface area contributed by atoms with E-state index in [9.17, 15) is 19.2 Å². The van der Waals surface area contributed by atoms with E-state index in [1.54, 1.807) is 48.5 Å². The highest BCUT2D eigenvalue weighted by Crippen LogP contribution is 2.27. The van der Waals surface area contributed by atoms with E-state index < -0.39 is 30.4 Å². The lowest BCUT2D eigenvalue weighted by molar-refractivity contribution is -0.151. The molecule has 2 aromatic carbocycles. The monoisotopic (exact) mass is 468 g/mol. The van der Waals surface area contributed by atoms with Crippen LogP contribution in [0.4, 0.5) is 11.4 Å². The van der Waals surface area contributed by atoms with Crippen molar-refractivity contribution in [3.8, 4) is 5.75 Å². The number of methoxy groups -OCH3 is 1. The Kier molecular flexibility index (Phi) is 8.61. The van der Waals surface area contributed by atoms with Crippen LogP contribution in [-0.2, 0) is 23.9 Å². The summed E-state index contributed by atoms with van der Waals surface area (Å²) < 4.78 is 15.5. The van der Waals surface area contributed by atoms with E-state index >= 15 is 0 Å². The van der Waals surface area contributed by atoms with Gasteiger partial charge in [0.15, 0.2) is 6.61 Å². The molecular formula is C25H28N2O7. The van der Waals surface area contributed by atoms with Crippen LogP contribution in [0.3, 0.4) is 0 Å². The summed E-state index contributed by atoms with van der Waals surface area (Å²) in [6, 6.07) is 13.3. The molecule has 3 rings (SSSR count). The van der Waals surface area contributed by atoms with Crippen LogP contribution in [0.1, 0.15) is 36.5 Å². The fraction of sp³-hybridized carbons (Fsp3) is 0.360. The van der Waals surface area contributed by atoms with Crippen LogP contribution in [0.25, 0.3) is 0 Å². The number of para-hydroxylation sites is 2. The molecule has 1 fully saturated rings. The van der Waals surface area contributed by atoms with Crippen molar-refractivity contribution in [2.75, 3.05) is 37.1 Å². The maximum absolute atomic E-state index is 12.5. The number of nitrogens with zero attached hydrogens (tertiary/aromatic N) is 1. The van der Waals surface area contributed by atoms with E-state index in [1.165, 1.54) is 12.0 Å². The van der Waals surface area contributed by atoms with Crippen LogP contribution >= 0.6 is 0 Å². The molecule has 34 heavy (non-hydrogen) atoms. The van der Waals surface area contributed by atoms with E-state index in [1.807, 2.05) is 6.92 Å². The van der Waals surface area contributed by atoms with E-state index in [0.717, 1.165) is 12.8 Å². The summed E-state index contributed by atoms with van der Waals surface area (Å²) in [5.74, 6) is -1.99. The van der Waals surface area contributed by atoms with E-state index in [-0.39, 0.29) is 18.9 Å². The number of carbonyl (C=O) groups excluding carboxylic acids is 4. The molecule has 0 saturated carbocycles. The van der Waals surface area contributed by atoms with Gasteiger partial charge in [-0.15, -0.1) is 0 Å². The smallest absolute Gasteiger partial charge is 0.338 e. The number of unbranched alkanes of at least 4 members (excludes halogenated alkanes) is 1. The van der Waals surface area contributed by atoms with Crippen molar-refractivity contribution in [2.45, 2.75) is 26.2 Å². The van der Waals surface area contributed by atoms with Crippen molar-refractivity contribution in [2.24, 2.45) is 5.92 Å². The Morgan fingerprint density at radius 1 is 1.06 bits per heavy atom. The summed E-state index contributed by atoms with van der Waals surface area (Å²) in [5.41, 5.74) is 1.42.